The van der Waals surface area contributed by atoms with E-state index in [0.717, 1.165) is 12.1 Å². The molecule has 0 bridgehead atoms. The molecule has 4 nitrogen and oxygen atoms in total. The number of aliphatic hydroxyl groups is 1. The second-order valence-corrected chi connectivity index (χ2v) is 5.85. The molecule has 4 heteroatoms. The first-order valence-electron chi connectivity index (χ1n) is 6.89. The highest BCUT2D eigenvalue weighted by molar-refractivity contribution is 5.94. The molecule has 2 atom stereocenters. The highest BCUT2D eigenvalue weighted by atomic mass is 16.3. The Morgan fingerprint density at radius 3 is 2.60 bits per heavy atom. The first-order valence-corrected chi connectivity index (χ1v) is 6.89. The van der Waals surface area contributed by atoms with Gasteiger partial charge in [-0.05, 0) is 30.7 Å². The monoisotopic (exact) mass is 274 g/mol. The van der Waals surface area contributed by atoms with Crippen LogP contribution in [0.25, 0.3) is 0 Å². The molecule has 1 aliphatic carbocycles. The highest BCUT2D eigenvalue weighted by Crippen LogP contribution is 2.42. The Kier molecular flexibility index (Phi) is 4.14. The molecular weight excluding hydrogens is 252 g/mol. The second kappa shape index (κ2) is 5.67. The van der Waals surface area contributed by atoms with Gasteiger partial charge in [0, 0.05) is 29.3 Å². The molecule has 20 heavy (non-hydrogen) atoms. The molecule has 1 saturated carbocycles. The van der Waals surface area contributed by atoms with Crippen molar-refractivity contribution in [2.45, 2.75) is 32.4 Å². The minimum atomic E-state index is -0.246. The predicted octanol–water partition coefficient (Wildman–Crippen LogP) is 2.17. The molecule has 1 fully saturated rings. The molecule has 1 aliphatic rings. The number of benzene rings is 1. The lowest BCUT2D eigenvalue weighted by Gasteiger charge is -2.49. The van der Waals surface area contributed by atoms with Gasteiger partial charge in [0.25, 0.3) is 5.91 Å². The second-order valence-electron chi connectivity index (χ2n) is 5.85. The summed E-state index contributed by atoms with van der Waals surface area (Å²) in [5, 5.41) is 15.9. The van der Waals surface area contributed by atoms with E-state index in [1.807, 2.05) is 12.1 Å². The SMILES string of the molecule is C=CCNC(=O)c1ccc(NC2CC(O)C2(C)C)cc1. The number of carbonyl (C=O) groups is 1. The first-order chi connectivity index (χ1) is 9.45. The number of anilines is 1. The standard InChI is InChI=1S/C16H22N2O2/c1-4-9-17-15(20)11-5-7-12(8-6-11)18-13-10-14(19)16(13,2)3/h4-8,13-14,18-19H,1,9-10H2,2-3H3,(H,17,20). The summed E-state index contributed by atoms with van der Waals surface area (Å²) in [5.74, 6) is -0.101. The summed E-state index contributed by atoms with van der Waals surface area (Å²) in [6, 6.07) is 7.64. The molecule has 0 saturated heterocycles. The average molecular weight is 274 g/mol. The summed E-state index contributed by atoms with van der Waals surface area (Å²) in [5.41, 5.74) is 1.49. The molecule has 0 aromatic heterocycles. The molecule has 108 valence electrons. The maximum Gasteiger partial charge on any atom is 0.251 e. The fourth-order valence-corrected chi connectivity index (χ4v) is 2.33. The van der Waals surface area contributed by atoms with E-state index in [1.54, 1.807) is 18.2 Å². The van der Waals surface area contributed by atoms with E-state index in [-0.39, 0.29) is 23.5 Å². The van der Waals surface area contributed by atoms with Gasteiger partial charge in [-0.25, -0.2) is 0 Å². The van der Waals surface area contributed by atoms with Crippen molar-refractivity contribution in [2.24, 2.45) is 5.41 Å². The van der Waals surface area contributed by atoms with E-state index in [4.69, 9.17) is 0 Å². The fraction of sp³-hybridized carbons (Fsp3) is 0.438. The summed E-state index contributed by atoms with van der Waals surface area (Å²) < 4.78 is 0. The van der Waals surface area contributed by atoms with Crippen LogP contribution in [0.1, 0.15) is 30.6 Å². The normalized spacial score (nSPS) is 23.6. The van der Waals surface area contributed by atoms with Crippen LogP contribution in [-0.2, 0) is 0 Å². The van der Waals surface area contributed by atoms with Crippen LogP contribution in [0.3, 0.4) is 0 Å². The first kappa shape index (κ1) is 14.6. The van der Waals surface area contributed by atoms with E-state index in [1.165, 1.54) is 0 Å². The third kappa shape index (κ3) is 2.85. The fourth-order valence-electron chi connectivity index (χ4n) is 2.33. The number of rotatable bonds is 5. The van der Waals surface area contributed by atoms with Gasteiger partial charge in [0.2, 0.25) is 0 Å². The lowest BCUT2D eigenvalue weighted by molar-refractivity contribution is -0.0510. The third-order valence-corrected chi connectivity index (χ3v) is 4.11. The van der Waals surface area contributed by atoms with Gasteiger partial charge in [0.15, 0.2) is 0 Å². The molecule has 1 amide bonds. The third-order valence-electron chi connectivity index (χ3n) is 4.11. The maximum absolute atomic E-state index is 11.7. The van der Waals surface area contributed by atoms with Gasteiger partial charge in [-0.2, -0.15) is 0 Å². The van der Waals surface area contributed by atoms with Gasteiger partial charge in [0.1, 0.15) is 0 Å². The highest BCUT2D eigenvalue weighted by Gasteiger charge is 2.47. The Morgan fingerprint density at radius 1 is 1.45 bits per heavy atom. The molecule has 2 unspecified atom stereocenters. The molecule has 2 rings (SSSR count). The quantitative estimate of drug-likeness (QED) is 0.721. The maximum atomic E-state index is 11.7. The zero-order chi connectivity index (χ0) is 14.8. The van der Waals surface area contributed by atoms with Crippen molar-refractivity contribution in [1.29, 1.82) is 0 Å². The van der Waals surface area contributed by atoms with Gasteiger partial charge >= 0.3 is 0 Å². The van der Waals surface area contributed by atoms with Crippen LogP contribution in [0, 0.1) is 5.41 Å². The van der Waals surface area contributed by atoms with Gasteiger partial charge in [-0.15, -0.1) is 6.58 Å². The molecule has 1 aromatic carbocycles. The molecule has 0 aliphatic heterocycles. The zero-order valence-electron chi connectivity index (χ0n) is 12.0. The van der Waals surface area contributed by atoms with Gasteiger partial charge in [-0.1, -0.05) is 19.9 Å². The molecule has 0 radical (unpaired) electrons. The largest absolute Gasteiger partial charge is 0.392 e. The van der Waals surface area contributed by atoms with Crippen LogP contribution in [0.2, 0.25) is 0 Å². The van der Waals surface area contributed by atoms with Crippen molar-refractivity contribution in [1.82, 2.24) is 5.32 Å². The number of hydrogen-bond donors (Lipinski definition) is 3. The minimum Gasteiger partial charge on any atom is -0.392 e. The zero-order valence-corrected chi connectivity index (χ0v) is 12.0. The number of nitrogens with one attached hydrogen (secondary N) is 2. The molecular formula is C16H22N2O2. The van der Waals surface area contributed by atoms with Crippen LogP contribution in [0.15, 0.2) is 36.9 Å². The Bertz CT molecular complexity index is 494. The van der Waals surface area contributed by atoms with E-state index < -0.39 is 0 Å². The van der Waals surface area contributed by atoms with E-state index in [0.29, 0.717) is 12.1 Å². The number of aliphatic hydroxyl groups excluding tert-OH is 1. The molecule has 0 spiro atoms. The molecule has 3 N–H and O–H groups in total. The molecule has 0 heterocycles. The number of amides is 1. The van der Waals surface area contributed by atoms with E-state index in [9.17, 15) is 9.90 Å². The van der Waals surface area contributed by atoms with E-state index >= 15 is 0 Å². The lowest BCUT2D eigenvalue weighted by atomic mass is 9.64. The van der Waals surface area contributed by atoms with Gasteiger partial charge in [-0.3, -0.25) is 4.79 Å². The minimum absolute atomic E-state index is 0.101. The lowest BCUT2D eigenvalue weighted by Crippen LogP contribution is -2.56. The smallest absolute Gasteiger partial charge is 0.251 e. The van der Waals surface area contributed by atoms with Crippen molar-refractivity contribution in [3.63, 3.8) is 0 Å². The summed E-state index contributed by atoms with van der Waals surface area (Å²) >= 11 is 0. The van der Waals surface area contributed by atoms with Crippen molar-refractivity contribution in [3.05, 3.63) is 42.5 Å². The average Bonchev–Trinajstić information content (AvgIpc) is 2.45. The Labute approximate surface area is 119 Å². The van der Waals surface area contributed by atoms with Gasteiger partial charge < -0.3 is 15.7 Å². The number of carbonyl (C=O) groups excluding carboxylic acids is 1. The summed E-state index contributed by atoms with van der Waals surface area (Å²) in [4.78, 5) is 11.7. The van der Waals surface area contributed by atoms with Crippen molar-refractivity contribution in [2.75, 3.05) is 11.9 Å². The Hall–Kier alpha value is -1.81. The van der Waals surface area contributed by atoms with Gasteiger partial charge in [0.05, 0.1) is 6.10 Å². The summed E-state index contributed by atoms with van der Waals surface area (Å²) in [7, 11) is 0. The summed E-state index contributed by atoms with van der Waals surface area (Å²) in [6.07, 6.45) is 2.16. The van der Waals surface area contributed by atoms with Crippen LogP contribution < -0.4 is 10.6 Å². The Balaban J connectivity index is 1.95. The van der Waals surface area contributed by atoms with Crippen LogP contribution in [-0.4, -0.2) is 29.7 Å². The van der Waals surface area contributed by atoms with Crippen molar-refractivity contribution >= 4 is 11.6 Å². The van der Waals surface area contributed by atoms with Crippen LogP contribution >= 0.6 is 0 Å². The summed E-state index contributed by atoms with van der Waals surface area (Å²) in [6.45, 7) is 8.13. The van der Waals surface area contributed by atoms with Crippen molar-refractivity contribution < 1.29 is 9.90 Å². The predicted molar refractivity (Wildman–Crippen MR) is 80.8 cm³/mol. The van der Waals surface area contributed by atoms with E-state index in [2.05, 4.69) is 31.1 Å². The van der Waals surface area contributed by atoms with Crippen LogP contribution in [0.4, 0.5) is 5.69 Å². The van der Waals surface area contributed by atoms with Crippen LogP contribution in [0.5, 0.6) is 0 Å². The number of hydrogen-bond acceptors (Lipinski definition) is 3. The Morgan fingerprint density at radius 2 is 2.10 bits per heavy atom. The molecule has 1 aromatic rings. The topological polar surface area (TPSA) is 61.4 Å². The van der Waals surface area contributed by atoms with Crippen molar-refractivity contribution in [3.8, 4) is 0 Å².